The Morgan fingerprint density at radius 2 is 2.00 bits per heavy atom. The van der Waals surface area contributed by atoms with Gasteiger partial charge in [-0.3, -0.25) is 10.6 Å². The molecular formula is C14H16N4O. The number of anilines is 2. The number of rotatable bonds is 3. The molecule has 1 aromatic heterocycles. The van der Waals surface area contributed by atoms with E-state index in [1.807, 2.05) is 19.9 Å². The van der Waals surface area contributed by atoms with E-state index in [-0.39, 0.29) is 5.91 Å². The number of hydrogen-bond acceptors (Lipinski definition) is 4. The number of amides is 1. The van der Waals surface area contributed by atoms with Gasteiger partial charge in [0.25, 0.3) is 5.91 Å². The molecule has 4 N–H and O–H groups in total. The zero-order valence-corrected chi connectivity index (χ0v) is 10.9. The highest BCUT2D eigenvalue weighted by molar-refractivity contribution is 6.04. The van der Waals surface area contributed by atoms with Crippen LogP contribution in [0.3, 0.4) is 0 Å². The number of nitrogen functional groups attached to an aromatic ring is 1. The summed E-state index contributed by atoms with van der Waals surface area (Å²) in [6, 6.07) is 8.93. The Balaban J connectivity index is 2.16. The van der Waals surface area contributed by atoms with Gasteiger partial charge in [-0.15, -0.1) is 0 Å². The van der Waals surface area contributed by atoms with Crippen LogP contribution >= 0.6 is 0 Å². The number of pyridine rings is 1. The molecule has 5 nitrogen and oxygen atoms in total. The van der Waals surface area contributed by atoms with E-state index in [1.54, 1.807) is 30.5 Å². The number of nitrogens with two attached hydrogens (primary N) is 1. The number of carbonyl (C=O) groups excluding carboxylic acids is 1. The highest BCUT2D eigenvalue weighted by Gasteiger charge is 2.08. The number of aromatic nitrogens is 1. The summed E-state index contributed by atoms with van der Waals surface area (Å²) in [7, 11) is 0. The molecule has 19 heavy (non-hydrogen) atoms. The number of benzene rings is 1. The van der Waals surface area contributed by atoms with Crippen molar-refractivity contribution in [2.45, 2.75) is 13.8 Å². The topological polar surface area (TPSA) is 80.0 Å². The summed E-state index contributed by atoms with van der Waals surface area (Å²) in [6.45, 7) is 3.83. The van der Waals surface area contributed by atoms with Gasteiger partial charge in [0.1, 0.15) is 5.82 Å². The van der Waals surface area contributed by atoms with E-state index in [9.17, 15) is 4.79 Å². The van der Waals surface area contributed by atoms with Crippen LogP contribution in [0, 0.1) is 13.8 Å². The molecular weight excluding hydrogens is 240 g/mol. The van der Waals surface area contributed by atoms with Crippen molar-refractivity contribution in [2.24, 2.45) is 5.84 Å². The standard InChI is InChI=1S/C14H16N4O/c1-9-3-6-13(16-8-9)17-14(19)11-4-5-12(18-15)10(2)7-11/h3-8,18H,15H2,1-2H3,(H,16,17,19). The molecule has 98 valence electrons. The molecule has 0 fully saturated rings. The zero-order valence-electron chi connectivity index (χ0n) is 10.9. The fourth-order valence-corrected chi connectivity index (χ4v) is 1.70. The van der Waals surface area contributed by atoms with E-state index in [4.69, 9.17) is 5.84 Å². The third kappa shape index (κ3) is 3.08. The minimum absolute atomic E-state index is 0.192. The molecule has 0 saturated heterocycles. The van der Waals surface area contributed by atoms with Crippen molar-refractivity contribution >= 4 is 17.4 Å². The van der Waals surface area contributed by atoms with Gasteiger partial charge in [0.15, 0.2) is 0 Å². The molecule has 0 radical (unpaired) electrons. The van der Waals surface area contributed by atoms with Gasteiger partial charge in [-0.25, -0.2) is 4.98 Å². The molecule has 5 heteroatoms. The van der Waals surface area contributed by atoms with Crippen LogP contribution in [0.2, 0.25) is 0 Å². The van der Waals surface area contributed by atoms with Crippen molar-refractivity contribution in [1.29, 1.82) is 0 Å². The van der Waals surface area contributed by atoms with Gasteiger partial charge in [-0.1, -0.05) is 6.07 Å². The molecule has 2 rings (SSSR count). The van der Waals surface area contributed by atoms with Crippen molar-refractivity contribution in [1.82, 2.24) is 4.98 Å². The van der Waals surface area contributed by atoms with Crippen LogP contribution in [0.5, 0.6) is 0 Å². The third-order valence-electron chi connectivity index (χ3n) is 2.80. The maximum atomic E-state index is 12.0. The molecule has 0 unspecified atom stereocenters. The van der Waals surface area contributed by atoms with Crippen molar-refractivity contribution < 1.29 is 4.79 Å². The molecule has 0 spiro atoms. The Bertz CT molecular complexity index is 593. The van der Waals surface area contributed by atoms with Crippen LogP contribution in [0.1, 0.15) is 21.5 Å². The van der Waals surface area contributed by atoms with Crippen LogP contribution in [0.15, 0.2) is 36.5 Å². The summed E-state index contributed by atoms with van der Waals surface area (Å²) >= 11 is 0. The first kappa shape index (κ1) is 13.0. The lowest BCUT2D eigenvalue weighted by molar-refractivity contribution is 0.102. The maximum absolute atomic E-state index is 12.0. The molecule has 0 aliphatic rings. The van der Waals surface area contributed by atoms with E-state index >= 15 is 0 Å². The highest BCUT2D eigenvalue weighted by Crippen LogP contribution is 2.16. The van der Waals surface area contributed by atoms with E-state index in [0.717, 1.165) is 16.8 Å². The maximum Gasteiger partial charge on any atom is 0.256 e. The Morgan fingerprint density at radius 3 is 2.58 bits per heavy atom. The molecule has 2 aromatic rings. The summed E-state index contributed by atoms with van der Waals surface area (Å²) < 4.78 is 0. The summed E-state index contributed by atoms with van der Waals surface area (Å²) in [5.41, 5.74) is 5.90. The first-order chi connectivity index (χ1) is 9.10. The zero-order chi connectivity index (χ0) is 13.8. The third-order valence-corrected chi connectivity index (χ3v) is 2.80. The van der Waals surface area contributed by atoms with Crippen LogP contribution < -0.4 is 16.6 Å². The molecule has 0 saturated carbocycles. The summed E-state index contributed by atoms with van der Waals surface area (Å²) in [4.78, 5) is 16.2. The minimum atomic E-state index is -0.192. The number of carbonyl (C=O) groups is 1. The first-order valence-corrected chi connectivity index (χ1v) is 5.91. The molecule has 1 aromatic carbocycles. The Labute approximate surface area is 111 Å². The summed E-state index contributed by atoms with van der Waals surface area (Å²) in [5, 5.41) is 2.75. The van der Waals surface area contributed by atoms with Gasteiger partial charge in [0, 0.05) is 11.8 Å². The van der Waals surface area contributed by atoms with Crippen molar-refractivity contribution in [3.63, 3.8) is 0 Å². The lowest BCUT2D eigenvalue weighted by Crippen LogP contribution is -2.14. The second-order valence-electron chi connectivity index (χ2n) is 4.35. The number of hydrazine groups is 1. The number of aryl methyl sites for hydroxylation is 2. The molecule has 1 amide bonds. The Morgan fingerprint density at radius 1 is 1.21 bits per heavy atom. The number of nitrogens with one attached hydrogen (secondary N) is 2. The highest BCUT2D eigenvalue weighted by atomic mass is 16.1. The van der Waals surface area contributed by atoms with Gasteiger partial charge in [0.05, 0.1) is 5.69 Å². The minimum Gasteiger partial charge on any atom is -0.324 e. The summed E-state index contributed by atoms with van der Waals surface area (Å²) in [5.74, 6) is 5.70. The van der Waals surface area contributed by atoms with Gasteiger partial charge < -0.3 is 10.7 Å². The van der Waals surface area contributed by atoms with Crippen LogP contribution in [0.4, 0.5) is 11.5 Å². The molecule has 0 aliphatic heterocycles. The average molecular weight is 256 g/mol. The van der Waals surface area contributed by atoms with Gasteiger partial charge in [-0.2, -0.15) is 0 Å². The second kappa shape index (κ2) is 5.49. The molecule has 0 aliphatic carbocycles. The quantitative estimate of drug-likeness (QED) is 0.581. The van der Waals surface area contributed by atoms with E-state index in [2.05, 4.69) is 15.7 Å². The first-order valence-electron chi connectivity index (χ1n) is 5.91. The lowest BCUT2D eigenvalue weighted by Gasteiger charge is -2.08. The van der Waals surface area contributed by atoms with E-state index < -0.39 is 0 Å². The van der Waals surface area contributed by atoms with Gasteiger partial charge in [0.2, 0.25) is 0 Å². The van der Waals surface area contributed by atoms with E-state index in [1.165, 1.54) is 0 Å². The SMILES string of the molecule is Cc1ccc(NC(=O)c2ccc(NN)c(C)c2)nc1. The second-order valence-corrected chi connectivity index (χ2v) is 4.35. The molecule has 0 atom stereocenters. The molecule has 1 heterocycles. The van der Waals surface area contributed by atoms with Crippen LogP contribution in [-0.2, 0) is 0 Å². The van der Waals surface area contributed by atoms with E-state index in [0.29, 0.717) is 11.4 Å². The lowest BCUT2D eigenvalue weighted by atomic mass is 10.1. The number of hydrogen-bond donors (Lipinski definition) is 3. The Hall–Kier alpha value is -2.40. The largest absolute Gasteiger partial charge is 0.324 e. The van der Waals surface area contributed by atoms with Gasteiger partial charge >= 0.3 is 0 Å². The monoisotopic (exact) mass is 256 g/mol. The van der Waals surface area contributed by atoms with Crippen LogP contribution in [0.25, 0.3) is 0 Å². The van der Waals surface area contributed by atoms with Crippen molar-refractivity contribution in [2.75, 3.05) is 10.7 Å². The normalized spacial score (nSPS) is 10.1. The molecule has 0 bridgehead atoms. The predicted octanol–water partition coefficient (Wildman–Crippen LogP) is 2.24. The Kier molecular flexibility index (Phi) is 3.77. The summed E-state index contributed by atoms with van der Waals surface area (Å²) in [6.07, 6.45) is 1.71. The predicted molar refractivity (Wildman–Crippen MR) is 75.9 cm³/mol. The van der Waals surface area contributed by atoms with Crippen molar-refractivity contribution in [3.8, 4) is 0 Å². The van der Waals surface area contributed by atoms with Gasteiger partial charge in [-0.05, 0) is 49.2 Å². The van der Waals surface area contributed by atoms with Crippen LogP contribution in [-0.4, -0.2) is 10.9 Å². The number of nitrogens with zero attached hydrogens (tertiary/aromatic N) is 1. The fourth-order valence-electron chi connectivity index (χ4n) is 1.70. The van der Waals surface area contributed by atoms with Crippen molar-refractivity contribution in [3.05, 3.63) is 53.2 Å². The smallest absolute Gasteiger partial charge is 0.256 e. The average Bonchev–Trinajstić information content (AvgIpc) is 2.41. The fraction of sp³-hybridized carbons (Fsp3) is 0.143.